The van der Waals surface area contributed by atoms with Crippen LogP contribution in [-0.2, 0) is 9.59 Å². The number of fused-ring (bicyclic) bond motifs is 1. The van der Waals surface area contributed by atoms with E-state index < -0.39 is 0 Å². The average Bonchev–Trinajstić information content (AvgIpc) is 3.58. The first-order valence-corrected chi connectivity index (χ1v) is 11.0. The van der Waals surface area contributed by atoms with Crippen molar-refractivity contribution in [2.45, 2.75) is 6.42 Å². The Hall–Kier alpha value is -3.40. The third-order valence-corrected chi connectivity index (χ3v) is 7.74. The van der Waals surface area contributed by atoms with Crippen LogP contribution >= 0.6 is 0 Å². The normalized spacial score (nSPS) is 32.3. The molecule has 5 aliphatic rings. The van der Waals surface area contributed by atoms with Crippen molar-refractivity contribution in [3.8, 4) is 11.5 Å². The predicted octanol–water partition coefficient (Wildman–Crippen LogP) is 5.19. The molecule has 3 aromatic rings. The fourth-order valence-corrected chi connectivity index (χ4v) is 6.29. The number of allylic oxidation sites excluding steroid dienone is 2. The van der Waals surface area contributed by atoms with E-state index in [1.807, 2.05) is 54.6 Å². The third-order valence-electron chi connectivity index (χ3n) is 7.74. The second-order valence-electron chi connectivity index (χ2n) is 9.24. The lowest BCUT2D eigenvalue weighted by Gasteiger charge is -2.37. The van der Waals surface area contributed by atoms with Crippen LogP contribution in [0.3, 0.4) is 0 Å². The number of benzene rings is 3. The molecular formula is C27H21NO3. The summed E-state index contributed by atoms with van der Waals surface area (Å²) in [7, 11) is 0. The molecule has 0 unspecified atom stereocenters. The van der Waals surface area contributed by atoms with Gasteiger partial charge in [0.25, 0.3) is 0 Å². The van der Waals surface area contributed by atoms with E-state index in [1.165, 1.54) is 11.3 Å². The highest BCUT2D eigenvalue weighted by atomic mass is 16.5. The Bertz CT molecular complexity index is 1240. The summed E-state index contributed by atoms with van der Waals surface area (Å²) in [6.45, 7) is 0. The monoisotopic (exact) mass is 407 g/mol. The molecule has 1 aliphatic heterocycles. The Kier molecular flexibility index (Phi) is 3.39. The van der Waals surface area contributed by atoms with Gasteiger partial charge in [-0.3, -0.25) is 14.5 Å². The van der Waals surface area contributed by atoms with Gasteiger partial charge in [-0.1, -0.05) is 48.6 Å². The van der Waals surface area contributed by atoms with E-state index in [2.05, 4.69) is 24.3 Å². The SMILES string of the molecule is O=C1[C@@H]2[C@@H]3C=C[C@H]([C@H]4C[C@H]34)[C@@H]2C(=O)N1c1ccc(Oc2cccc3ccccc23)cc1. The molecule has 1 heterocycles. The smallest absolute Gasteiger partial charge is 0.238 e. The largest absolute Gasteiger partial charge is 0.457 e. The summed E-state index contributed by atoms with van der Waals surface area (Å²) in [5.41, 5.74) is 0.641. The molecule has 152 valence electrons. The summed E-state index contributed by atoms with van der Waals surface area (Å²) in [6, 6.07) is 21.4. The second kappa shape index (κ2) is 6.07. The lowest BCUT2D eigenvalue weighted by molar-refractivity contribution is -0.124. The van der Waals surface area contributed by atoms with Gasteiger partial charge in [0, 0.05) is 5.39 Å². The average molecular weight is 407 g/mol. The number of nitrogens with zero attached hydrogens (tertiary/aromatic N) is 1. The topological polar surface area (TPSA) is 46.6 Å². The van der Waals surface area contributed by atoms with Gasteiger partial charge in [0.2, 0.25) is 11.8 Å². The Morgan fingerprint density at radius 2 is 1.39 bits per heavy atom. The quantitative estimate of drug-likeness (QED) is 0.443. The number of anilines is 1. The molecule has 4 nitrogen and oxygen atoms in total. The van der Waals surface area contributed by atoms with Crippen molar-refractivity contribution >= 4 is 28.3 Å². The Balaban J connectivity index is 1.17. The molecule has 6 atom stereocenters. The minimum atomic E-state index is -0.169. The Morgan fingerprint density at radius 3 is 2.10 bits per heavy atom. The predicted molar refractivity (Wildman–Crippen MR) is 118 cm³/mol. The van der Waals surface area contributed by atoms with E-state index in [0.29, 0.717) is 23.3 Å². The van der Waals surface area contributed by atoms with E-state index in [4.69, 9.17) is 4.74 Å². The van der Waals surface area contributed by atoms with Crippen molar-refractivity contribution in [2.24, 2.45) is 35.5 Å². The van der Waals surface area contributed by atoms with Crippen molar-refractivity contribution in [1.29, 1.82) is 0 Å². The molecule has 4 aliphatic carbocycles. The van der Waals surface area contributed by atoms with Crippen molar-refractivity contribution in [2.75, 3.05) is 4.90 Å². The summed E-state index contributed by atoms with van der Waals surface area (Å²) in [5.74, 6) is 2.80. The van der Waals surface area contributed by atoms with Crippen molar-refractivity contribution < 1.29 is 14.3 Å². The maximum absolute atomic E-state index is 13.3. The van der Waals surface area contributed by atoms with E-state index in [-0.39, 0.29) is 35.5 Å². The van der Waals surface area contributed by atoms with E-state index >= 15 is 0 Å². The standard InChI is InChI=1S/C27H21NO3/c29-26-24-19-12-13-20(22-14-21(19)22)25(24)27(30)28(26)16-8-10-17(11-9-16)31-23-7-3-5-15-4-1-2-6-18(15)23/h1-13,19-22,24-25H,14H2/t19-,20-,21-,22-,24-,25+/m1/s1. The zero-order chi connectivity index (χ0) is 20.7. The van der Waals surface area contributed by atoms with E-state index in [9.17, 15) is 9.59 Å². The number of rotatable bonds is 3. The molecule has 0 radical (unpaired) electrons. The van der Waals surface area contributed by atoms with Crippen LogP contribution in [0.4, 0.5) is 5.69 Å². The lowest BCUT2D eigenvalue weighted by Crippen LogP contribution is -2.40. The first-order chi connectivity index (χ1) is 15.2. The summed E-state index contributed by atoms with van der Waals surface area (Å²) >= 11 is 0. The molecule has 0 aromatic heterocycles. The lowest BCUT2D eigenvalue weighted by atomic mass is 9.63. The van der Waals surface area contributed by atoms with Gasteiger partial charge in [-0.15, -0.1) is 0 Å². The van der Waals surface area contributed by atoms with Gasteiger partial charge < -0.3 is 4.74 Å². The van der Waals surface area contributed by atoms with Crippen molar-refractivity contribution in [3.63, 3.8) is 0 Å². The van der Waals surface area contributed by atoms with Crippen LogP contribution in [0.5, 0.6) is 11.5 Å². The highest BCUT2D eigenvalue weighted by molar-refractivity contribution is 6.22. The number of carbonyl (C=O) groups excluding carboxylic acids is 2. The molecule has 3 aromatic carbocycles. The number of hydrogen-bond acceptors (Lipinski definition) is 3. The number of carbonyl (C=O) groups is 2. The summed E-state index contributed by atoms with van der Waals surface area (Å²) in [5, 5.41) is 2.17. The highest BCUT2D eigenvalue weighted by Gasteiger charge is 2.67. The van der Waals surface area contributed by atoms with Crippen molar-refractivity contribution in [1.82, 2.24) is 0 Å². The van der Waals surface area contributed by atoms with E-state index in [1.54, 1.807) is 0 Å². The molecule has 1 saturated heterocycles. The Labute approximate surface area is 180 Å². The van der Waals surface area contributed by atoms with Crippen LogP contribution in [0.1, 0.15) is 6.42 Å². The highest BCUT2D eigenvalue weighted by Crippen LogP contribution is 2.65. The number of ether oxygens (including phenoxy) is 1. The van der Waals surface area contributed by atoms with Crippen LogP contribution in [0.2, 0.25) is 0 Å². The molecule has 8 rings (SSSR count). The molecule has 31 heavy (non-hydrogen) atoms. The maximum Gasteiger partial charge on any atom is 0.238 e. The summed E-state index contributed by atoms with van der Waals surface area (Å²) in [6.07, 6.45) is 5.59. The molecule has 3 fully saturated rings. The fraction of sp³-hybridized carbons (Fsp3) is 0.259. The van der Waals surface area contributed by atoms with Gasteiger partial charge in [0.05, 0.1) is 17.5 Å². The number of hydrogen-bond donors (Lipinski definition) is 0. The van der Waals surface area contributed by atoms with Crippen LogP contribution in [0.25, 0.3) is 10.8 Å². The first-order valence-electron chi connectivity index (χ1n) is 11.0. The molecule has 0 spiro atoms. The van der Waals surface area contributed by atoms with E-state index in [0.717, 1.165) is 16.5 Å². The molecule has 2 amide bonds. The van der Waals surface area contributed by atoms with Crippen LogP contribution < -0.4 is 9.64 Å². The Morgan fingerprint density at radius 1 is 0.742 bits per heavy atom. The summed E-state index contributed by atoms with van der Waals surface area (Å²) in [4.78, 5) is 28.0. The maximum atomic E-state index is 13.3. The minimum absolute atomic E-state index is 0.0255. The second-order valence-corrected chi connectivity index (χ2v) is 9.24. The van der Waals surface area contributed by atoms with Crippen LogP contribution in [-0.4, -0.2) is 11.8 Å². The van der Waals surface area contributed by atoms with Crippen LogP contribution in [0.15, 0.2) is 78.9 Å². The van der Waals surface area contributed by atoms with Crippen LogP contribution in [0, 0.1) is 35.5 Å². The molecule has 2 saturated carbocycles. The van der Waals surface area contributed by atoms with Gasteiger partial charge >= 0.3 is 0 Å². The van der Waals surface area contributed by atoms with Crippen molar-refractivity contribution in [3.05, 3.63) is 78.9 Å². The van der Waals surface area contributed by atoms with Gasteiger partial charge in [-0.2, -0.15) is 0 Å². The van der Waals surface area contributed by atoms with Gasteiger partial charge in [-0.05, 0) is 65.8 Å². The third kappa shape index (κ3) is 2.36. The molecule has 0 N–H and O–H groups in total. The zero-order valence-corrected chi connectivity index (χ0v) is 16.8. The first kappa shape index (κ1) is 17.3. The minimum Gasteiger partial charge on any atom is -0.457 e. The molecular weight excluding hydrogens is 386 g/mol. The number of imide groups is 1. The summed E-state index contributed by atoms with van der Waals surface area (Å²) < 4.78 is 6.12. The van der Waals surface area contributed by atoms with Gasteiger partial charge in [0.1, 0.15) is 11.5 Å². The fourth-order valence-electron chi connectivity index (χ4n) is 6.29. The molecule has 4 heteroatoms. The van der Waals surface area contributed by atoms with Gasteiger partial charge in [-0.25, -0.2) is 0 Å². The number of amides is 2. The molecule has 2 bridgehead atoms. The van der Waals surface area contributed by atoms with Gasteiger partial charge in [0.15, 0.2) is 0 Å². The zero-order valence-electron chi connectivity index (χ0n) is 16.8.